The standard InChI is InChI=1S/C8H17P/c1-4-7(9)8-5(2)6(8)3/h5-8H,4,9H2,1-3H3. The van der Waals surface area contributed by atoms with E-state index < -0.39 is 0 Å². The van der Waals surface area contributed by atoms with Crippen molar-refractivity contribution in [3.05, 3.63) is 0 Å². The van der Waals surface area contributed by atoms with Gasteiger partial charge in [0.05, 0.1) is 0 Å². The Bertz CT molecular complexity index is 92.7. The fourth-order valence-electron chi connectivity index (χ4n) is 1.75. The van der Waals surface area contributed by atoms with Gasteiger partial charge in [-0.3, -0.25) is 0 Å². The van der Waals surface area contributed by atoms with E-state index in [1.165, 1.54) is 6.42 Å². The topological polar surface area (TPSA) is 0 Å². The van der Waals surface area contributed by atoms with Crippen molar-refractivity contribution < 1.29 is 0 Å². The molecule has 1 aliphatic rings. The van der Waals surface area contributed by atoms with Crippen LogP contribution in [0, 0.1) is 17.8 Å². The third-order valence-corrected chi connectivity index (χ3v) is 3.78. The summed E-state index contributed by atoms with van der Waals surface area (Å²) in [7, 11) is 2.96. The van der Waals surface area contributed by atoms with E-state index >= 15 is 0 Å². The Morgan fingerprint density at radius 2 is 1.78 bits per heavy atom. The van der Waals surface area contributed by atoms with Gasteiger partial charge in [-0.1, -0.05) is 20.8 Å². The molecule has 0 aromatic heterocycles. The summed E-state index contributed by atoms with van der Waals surface area (Å²) >= 11 is 0. The summed E-state index contributed by atoms with van der Waals surface area (Å²) in [6.07, 6.45) is 1.32. The molecule has 0 aliphatic heterocycles. The maximum absolute atomic E-state index is 2.96. The van der Waals surface area contributed by atoms with Crippen LogP contribution >= 0.6 is 9.24 Å². The predicted octanol–water partition coefficient (Wildman–Crippen LogP) is 2.54. The molecule has 1 rings (SSSR count). The van der Waals surface area contributed by atoms with Crippen molar-refractivity contribution in [1.29, 1.82) is 0 Å². The van der Waals surface area contributed by atoms with Crippen molar-refractivity contribution in [1.82, 2.24) is 0 Å². The van der Waals surface area contributed by atoms with Gasteiger partial charge >= 0.3 is 0 Å². The molecule has 1 fully saturated rings. The minimum Gasteiger partial charge on any atom is -0.134 e. The van der Waals surface area contributed by atoms with Crippen LogP contribution in [0.4, 0.5) is 0 Å². The zero-order valence-electron chi connectivity index (χ0n) is 6.59. The highest BCUT2D eigenvalue weighted by Crippen LogP contribution is 2.50. The molecule has 0 amide bonds. The van der Waals surface area contributed by atoms with E-state index in [0.717, 1.165) is 23.4 Å². The molecule has 0 nitrogen and oxygen atoms in total. The van der Waals surface area contributed by atoms with Crippen LogP contribution < -0.4 is 0 Å². The van der Waals surface area contributed by atoms with E-state index in [0.29, 0.717) is 0 Å². The molecule has 4 unspecified atom stereocenters. The van der Waals surface area contributed by atoms with Crippen LogP contribution in [-0.2, 0) is 0 Å². The zero-order chi connectivity index (χ0) is 7.02. The molecule has 1 aliphatic carbocycles. The molecular formula is C8H17P. The van der Waals surface area contributed by atoms with Crippen molar-refractivity contribution >= 4 is 9.24 Å². The van der Waals surface area contributed by atoms with E-state index in [1.54, 1.807) is 0 Å². The van der Waals surface area contributed by atoms with Crippen LogP contribution in [0.25, 0.3) is 0 Å². The summed E-state index contributed by atoms with van der Waals surface area (Å²) in [5, 5.41) is 0. The Balaban J connectivity index is 2.31. The lowest BCUT2D eigenvalue weighted by molar-refractivity contribution is 0.661. The van der Waals surface area contributed by atoms with Crippen LogP contribution in [0.15, 0.2) is 0 Å². The predicted molar refractivity (Wildman–Crippen MR) is 45.6 cm³/mol. The summed E-state index contributed by atoms with van der Waals surface area (Å²) in [4.78, 5) is 0. The molecule has 54 valence electrons. The van der Waals surface area contributed by atoms with Crippen LogP contribution in [0.1, 0.15) is 27.2 Å². The van der Waals surface area contributed by atoms with Crippen LogP contribution in [-0.4, -0.2) is 5.66 Å². The molecular weight excluding hydrogens is 127 g/mol. The normalized spacial score (nSPS) is 44.7. The SMILES string of the molecule is CCC(P)C1C(C)C1C. The van der Waals surface area contributed by atoms with Gasteiger partial charge in [0.2, 0.25) is 0 Å². The molecule has 0 aromatic rings. The van der Waals surface area contributed by atoms with Gasteiger partial charge in [0.15, 0.2) is 0 Å². The first kappa shape index (κ1) is 7.54. The maximum Gasteiger partial charge on any atom is -0.0233 e. The van der Waals surface area contributed by atoms with E-state index in [1.807, 2.05) is 0 Å². The first-order valence-electron chi connectivity index (χ1n) is 3.94. The molecule has 0 aromatic carbocycles. The quantitative estimate of drug-likeness (QED) is 0.522. The van der Waals surface area contributed by atoms with Gasteiger partial charge in [0.25, 0.3) is 0 Å². The highest BCUT2D eigenvalue weighted by Gasteiger charge is 2.45. The van der Waals surface area contributed by atoms with Gasteiger partial charge in [0, 0.05) is 0 Å². The lowest BCUT2D eigenvalue weighted by Gasteiger charge is -2.04. The molecule has 0 spiro atoms. The molecule has 1 saturated carbocycles. The Morgan fingerprint density at radius 3 is 1.89 bits per heavy atom. The minimum absolute atomic E-state index is 0.884. The Kier molecular flexibility index (Phi) is 2.16. The molecule has 4 atom stereocenters. The fourth-order valence-corrected chi connectivity index (χ4v) is 2.45. The van der Waals surface area contributed by atoms with Crippen molar-refractivity contribution in [2.24, 2.45) is 17.8 Å². The van der Waals surface area contributed by atoms with Crippen LogP contribution in [0.2, 0.25) is 0 Å². The fraction of sp³-hybridized carbons (Fsp3) is 1.00. The second kappa shape index (κ2) is 2.58. The van der Waals surface area contributed by atoms with Gasteiger partial charge in [0.1, 0.15) is 0 Å². The molecule has 0 heterocycles. The Labute approximate surface area is 60.6 Å². The number of hydrogen-bond donors (Lipinski definition) is 0. The molecule has 0 bridgehead atoms. The third kappa shape index (κ3) is 1.29. The van der Waals surface area contributed by atoms with Crippen LogP contribution in [0.3, 0.4) is 0 Å². The van der Waals surface area contributed by atoms with Gasteiger partial charge in [-0.2, -0.15) is 0 Å². The summed E-state index contributed by atoms with van der Waals surface area (Å²) in [5.74, 6) is 3.00. The second-order valence-corrected chi connectivity index (χ2v) is 4.22. The van der Waals surface area contributed by atoms with E-state index in [4.69, 9.17) is 0 Å². The van der Waals surface area contributed by atoms with Crippen molar-refractivity contribution in [2.75, 3.05) is 0 Å². The lowest BCUT2D eigenvalue weighted by Crippen LogP contribution is -1.99. The second-order valence-electron chi connectivity index (χ2n) is 3.37. The lowest BCUT2D eigenvalue weighted by atomic mass is 10.2. The first-order valence-corrected chi connectivity index (χ1v) is 4.60. The van der Waals surface area contributed by atoms with Crippen LogP contribution in [0.5, 0.6) is 0 Å². The average molecular weight is 144 g/mol. The largest absolute Gasteiger partial charge is 0.134 e. The molecule has 1 heteroatoms. The van der Waals surface area contributed by atoms with E-state index in [9.17, 15) is 0 Å². The van der Waals surface area contributed by atoms with E-state index in [2.05, 4.69) is 30.0 Å². The minimum atomic E-state index is 0.884. The molecule has 9 heavy (non-hydrogen) atoms. The van der Waals surface area contributed by atoms with Gasteiger partial charge in [-0.05, 0) is 29.8 Å². The number of hydrogen-bond acceptors (Lipinski definition) is 0. The number of rotatable bonds is 2. The monoisotopic (exact) mass is 144 g/mol. The Hall–Kier alpha value is 0.430. The summed E-state index contributed by atoms with van der Waals surface area (Å²) in [5.41, 5.74) is 0.884. The Morgan fingerprint density at radius 1 is 1.33 bits per heavy atom. The molecule has 0 saturated heterocycles. The van der Waals surface area contributed by atoms with Gasteiger partial charge in [-0.25, -0.2) is 0 Å². The molecule has 0 N–H and O–H groups in total. The third-order valence-electron chi connectivity index (χ3n) is 2.87. The first-order chi connectivity index (χ1) is 4.18. The highest BCUT2D eigenvalue weighted by atomic mass is 31.0. The van der Waals surface area contributed by atoms with Gasteiger partial charge in [-0.15, -0.1) is 9.24 Å². The van der Waals surface area contributed by atoms with E-state index in [-0.39, 0.29) is 0 Å². The summed E-state index contributed by atoms with van der Waals surface area (Å²) in [6.45, 7) is 7.00. The summed E-state index contributed by atoms with van der Waals surface area (Å²) in [6, 6.07) is 0. The zero-order valence-corrected chi connectivity index (χ0v) is 7.75. The maximum atomic E-state index is 2.96. The smallest absolute Gasteiger partial charge is 0.0233 e. The van der Waals surface area contributed by atoms with Gasteiger partial charge < -0.3 is 0 Å². The summed E-state index contributed by atoms with van der Waals surface area (Å²) < 4.78 is 0. The van der Waals surface area contributed by atoms with Crippen molar-refractivity contribution in [3.63, 3.8) is 0 Å². The average Bonchev–Trinajstić information content (AvgIpc) is 2.40. The van der Waals surface area contributed by atoms with Crippen molar-refractivity contribution in [2.45, 2.75) is 32.9 Å². The molecule has 0 radical (unpaired) electrons. The highest BCUT2D eigenvalue weighted by molar-refractivity contribution is 7.17. The van der Waals surface area contributed by atoms with Crippen molar-refractivity contribution in [3.8, 4) is 0 Å².